The molecular weight excluding hydrogens is 262 g/mol. The van der Waals surface area contributed by atoms with Crippen molar-refractivity contribution in [3.8, 4) is 0 Å². The van der Waals surface area contributed by atoms with Crippen molar-refractivity contribution in [3.05, 3.63) is 22.4 Å². The molecule has 3 unspecified atom stereocenters. The minimum absolute atomic E-state index is 0.148. The summed E-state index contributed by atoms with van der Waals surface area (Å²) in [5.41, 5.74) is 0. The lowest BCUT2D eigenvalue weighted by Gasteiger charge is -2.44. The minimum Gasteiger partial charge on any atom is -0.382 e. The van der Waals surface area contributed by atoms with E-state index in [0.29, 0.717) is 25.9 Å². The standard InChI is InChI=1S/C14H23NO3S/c1-3-15-12-9-13(14(12)17-7-6-16-2)18-10-11-5-4-8-19-11/h4-5,8,12-15H,3,6-7,9-10H2,1-2H3. The van der Waals surface area contributed by atoms with Gasteiger partial charge in [0, 0.05) is 18.0 Å². The molecule has 1 aliphatic carbocycles. The maximum atomic E-state index is 5.95. The van der Waals surface area contributed by atoms with E-state index in [4.69, 9.17) is 14.2 Å². The van der Waals surface area contributed by atoms with Crippen LogP contribution in [0.15, 0.2) is 17.5 Å². The van der Waals surface area contributed by atoms with Gasteiger partial charge in [-0.25, -0.2) is 0 Å². The molecule has 0 amide bonds. The maximum absolute atomic E-state index is 5.95. The third-order valence-corrected chi connectivity index (χ3v) is 4.18. The summed E-state index contributed by atoms with van der Waals surface area (Å²) in [6, 6.07) is 4.57. The summed E-state index contributed by atoms with van der Waals surface area (Å²) >= 11 is 1.73. The Balaban J connectivity index is 1.75. The van der Waals surface area contributed by atoms with Crippen LogP contribution < -0.4 is 5.32 Å². The van der Waals surface area contributed by atoms with Crippen LogP contribution in [0, 0.1) is 0 Å². The highest BCUT2D eigenvalue weighted by Gasteiger charge is 2.42. The first kappa shape index (κ1) is 14.9. The monoisotopic (exact) mass is 285 g/mol. The molecule has 2 rings (SSSR count). The Morgan fingerprint density at radius 1 is 1.37 bits per heavy atom. The average molecular weight is 285 g/mol. The Hall–Kier alpha value is -0.460. The zero-order valence-electron chi connectivity index (χ0n) is 11.6. The quantitative estimate of drug-likeness (QED) is 0.705. The summed E-state index contributed by atoms with van der Waals surface area (Å²) in [5.74, 6) is 0. The molecule has 0 spiro atoms. The van der Waals surface area contributed by atoms with Crippen LogP contribution in [0.5, 0.6) is 0 Å². The molecule has 1 aliphatic rings. The Morgan fingerprint density at radius 3 is 2.95 bits per heavy atom. The molecule has 5 heteroatoms. The maximum Gasteiger partial charge on any atom is 0.0991 e. The molecule has 1 fully saturated rings. The van der Waals surface area contributed by atoms with E-state index >= 15 is 0 Å². The number of hydrogen-bond acceptors (Lipinski definition) is 5. The van der Waals surface area contributed by atoms with Gasteiger partial charge in [-0.2, -0.15) is 0 Å². The lowest BCUT2D eigenvalue weighted by Crippen LogP contribution is -2.60. The summed E-state index contributed by atoms with van der Waals surface area (Å²) in [7, 11) is 1.69. The van der Waals surface area contributed by atoms with Crippen LogP contribution in [-0.4, -0.2) is 45.1 Å². The Labute approximate surface area is 119 Å². The van der Waals surface area contributed by atoms with Gasteiger partial charge in [0.1, 0.15) is 0 Å². The molecule has 1 saturated carbocycles. The van der Waals surface area contributed by atoms with E-state index in [1.807, 2.05) is 0 Å². The number of nitrogens with one attached hydrogen (secondary N) is 1. The van der Waals surface area contributed by atoms with Gasteiger partial charge < -0.3 is 19.5 Å². The predicted molar refractivity (Wildman–Crippen MR) is 76.6 cm³/mol. The summed E-state index contributed by atoms with van der Waals surface area (Å²) < 4.78 is 16.8. The smallest absolute Gasteiger partial charge is 0.0991 e. The highest BCUT2D eigenvalue weighted by molar-refractivity contribution is 7.09. The largest absolute Gasteiger partial charge is 0.382 e. The molecule has 108 valence electrons. The van der Waals surface area contributed by atoms with E-state index < -0.39 is 0 Å². The van der Waals surface area contributed by atoms with Crippen molar-refractivity contribution in [1.29, 1.82) is 0 Å². The SMILES string of the molecule is CCNC1CC(OCc2cccs2)C1OCCOC. The van der Waals surface area contributed by atoms with Gasteiger partial charge in [0.05, 0.1) is 32.0 Å². The van der Waals surface area contributed by atoms with Crippen LogP contribution in [-0.2, 0) is 20.8 Å². The van der Waals surface area contributed by atoms with Crippen molar-refractivity contribution in [2.75, 3.05) is 26.9 Å². The van der Waals surface area contributed by atoms with Gasteiger partial charge in [0.2, 0.25) is 0 Å². The van der Waals surface area contributed by atoms with Crippen molar-refractivity contribution in [1.82, 2.24) is 5.32 Å². The van der Waals surface area contributed by atoms with Gasteiger partial charge in [0.25, 0.3) is 0 Å². The van der Waals surface area contributed by atoms with Crippen molar-refractivity contribution in [3.63, 3.8) is 0 Å². The van der Waals surface area contributed by atoms with Crippen molar-refractivity contribution < 1.29 is 14.2 Å². The number of methoxy groups -OCH3 is 1. The molecule has 0 saturated heterocycles. The number of rotatable bonds is 9. The van der Waals surface area contributed by atoms with E-state index in [9.17, 15) is 0 Å². The van der Waals surface area contributed by atoms with E-state index in [1.165, 1.54) is 4.88 Å². The van der Waals surface area contributed by atoms with E-state index in [2.05, 4.69) is 29.8 Å². The molecule has 1 aromatic rings. The summed E-state index contributed by atoms with van der Waals surface area (Å²) in [6.07, 6.45) is 1.37. The molecule has 0 aromatic carbocycles. The predicted octanol–water partition coefficient (Wildman–Crippen LogP) is 2.05. The molecule has 3 atom stereocenters. The van der Waals surface area contributed by atoms with E-state index in [0.717, 1.165) is 13.0 Å². The van der Waals surface area contributed by atoms with Crippen LogP contribution in [0.2, 0.25) is 0 Å². The van der Waals surface area contributed by atoms with Gasteiger partial charge in [-0.15, -0.1) is 11.3 Å². The Kier molecular flexibility index (Phi) is 6.26. The lowest BCUT2D eigenvalue weighted by atomic mass is 9.85. The van der Waals surface area contributed by atoms with Crippen LogP contribution in [0.1, 0.15) is 18.2 Å². The second-order valence-corrected chi connectivity index (χ2v) is 5.69. The van der Waals surface area contributed by atoms with E-state index in [1.54, 1.807) is 18.4 Å². The third kappa shape index (κ3) is 4.26. The summed E-state index contributed by atoms with van der Waals surface area (Å²) in [4.78, 5) is 1.27. The van der Waals surface area contributed by atoms with Crippen molar-refractivity contribution in [2.45, 2.75) is 38.2 Å². The van der Waals surface area contributed by atoms with Crippen molar-refractivity contribution >= 4 is 11.3 Å². The molecule has 1 heterocycles. The fourth-order valence-corrected chi connectivity index (χ4v) is 2.91. The highest BCUT2D eigenvalue weighted by Crippen LogP contribution is 2.28. The molecule has 1 aromatic heterocycles. The second kappa shape index (κ2) is 7.97. The van der Waals surface area contributed by atoms with Crippen LogP contribution in [0.25, 0.3) is 0 Å². The minimum atomic E-state index is 0.148. The molecular formula is C14H23NO3S. The lowest BCUT2D eigenvalue weighted by molar-refractivity contribution is -0.156. The van der Waals surface area contributed by atoms with Gasteiger partial charge in [-0.3, -0.25) is 0 Å². The molecule has 19 heavy (non-hydrogen) atoms. The summed E-state index contributed by atoms with van der Waals surface area (Å²) in [6.45, 7) is 5.03. The van der Waals surface area contributed by atoms with Gasteiger partial charge in [0.15, 0.2) is 0 Å². The first-order valence-corrected chi connectivity index (χ1v) is 7.71. The van der Waals surface area contributed by atoms with Crippen LogP contribution in [0.4, 0.5) is 0 Å². The zero-order valence-corrected chi connectivity index (χ0v) is 12.4. The number of likely N-dealkylation sites (N-methyl/N-ethyl adjacent to an activating group) is 1. The molecule has 0 aliphatic heterocycles. The third-order valence-electron chi connectivity index (χ3n) is 3.33. The number of thiophene rings is 1. The molecule has 0 radical (unpaired) electrons. The van der Waals surface area contributed by atoms with Crippen LogP contribution in [0.3, 0.4) is 0 Å². The highest BCUT2D eigenvalue weighted by atomic mass is 32.1. The van der Waals surface area contributed by atoms with Crippen LogP contribution >= 0.6 is 11.3 Å². The van der Waals surface area contributed by atoms with E-state index in [-0.39, 0.29) is 12.2 Å². The normalized spacial score (nSPS) is 26.3. The summed E-state index contributed by atoms with van der Waals surface area (Å²) in [5, 5.41) is 5.52. The Morgan fingerprint density at radius 2 is 2.26 bits per heavy atom. The average Bonchev–Trinajstić information content (AvgIpc) is 2.91. The zero-order chi connectivity index (χ0) is 13.5. The number of ether oxygens (including phenoxy) is 3. The first-order chi connectivity index (χ1) is 9.35. The fourth-order valence-electron chi connectivity index (χ4n) is 2.28. The van der Waals surface area contributed by atoms with Gasteiger partial charge in [-0.1, -0.05) is 13.0 Å². The van der Waals surface area contributed by atoms with Crippen molar-refractivity contribution in [2.24, 2.45) is 0 Å². The fraction of sp³-hybridized carbons (Fsp3) is 0.714. The Bertz CT molecular complexity index is 344. The molecule has 1 N–H and O–H groups in total. The van der Waals surface area contributed by atoms with Gasteiger partial charge >= 0.3 is 0 Å². The molecule has 0 bridgehead atoms. The first-order valence-electron chi connectivity index (χ1n) is 6.83. The topological polar surface area (TPSA) is 39.7 Å². The van der Waals surface area contributed by atoms with Gasteiger partial charge in [-0.05, 0) is 24.4 Å². The second-order valence-electron chi connectivity index (χ2n) is 4.66. The number of hydrogen-bond donors (Lipinski definition) is 1. The molecule has 4 nitrogen and oxygen atoms in total.